The molecular weight excluding hydrogens is 342 g/mol. The third-order valence-corrected chi connectivity index (χ3v) is 4.55. The van der Waals surface area contributed by atoms with Gasteiger partial charge in [-0.2, -0.15) is 0 Å². The number of aliphatic carboxylic acids is 1. The van der Waals surface area contributed by atoms with Crippen molar-refractivity contribution in [3.8, 4) is 5.75 Å². The molecule has 3 rings (SSSR count). The second-order valence-electron chi connectivity index (χ2n) is 6.10. The zero-order chi connectivity index (χ0) is 17.9. The lowest BCUT2D eigenvalue weighted by Crippen LogP contribution is -2.34. The molecule has 1 amide bonds. The second-order valence-corrected chi connectivity index (χ2v) is 6.54. The van der Waals surface area contributed by atoms with E-state index in [0.717, 1.165) is 24.0 Å². The van der Waals surface area contributed by atoms with Crippen molar-refractivity contribution in [2.45, 2.75) is 24.8 Å². The SMILES string of the molecule is O=C(O)COc1cccc(CNC(=O)C2(c3ccc(Cl)cc3)CC2)c1. The van der Waals surface area contributed by atoms with Gasteiger partial charge in [-0.25, -0.2) is 4.79 Å². The number of rotatable bonds is 7. The van der Waals surface area contributed by atoms with Crippen molar-refractivity contribution in [3.63, 3.8) is 0 Å². The van der Waals surface area contributed by atoms with Gasteiger partial charge in [0, 0.05) is 11.6 Å². The Bertz CT molecular complexity index is 784. The van der Waals surface area contributed by atoms with Crippen molar-refractivity contribution < 1.29 is 19.4 Å². The summed E-state index contributed by atoms with van der Waals surface area (Å²) in [5.41, 5.74) is 1.37. The Labute approximate surface area is 150 Å². The highest BCUT2D eigenvalue weighted by Crippen LogP contribution is 2.48. The number of carbonyl (C=O) groups is 2. The van der Waals surface area contributed by atoms with Crippen molar-refractivity contribution in [2.75, 3.05) is 6.61 Å². The Kier molecular flexibility index (Phi) is 4.95. The smallest absolute Gasteiger partial charge is 0.341 e. The predicted octanol–water partition coefficient (Wildman–Crippen LogP) is 3.15. The molecule has 2 N–H and O–H groups in total. The van der Waals surface area contributed by atoms with Crippen molar-refractivity contribution >= 4 is 23.5 Å². The maximum atomic E-state index is 12.6. The summed E-state index contributed by atoms with van der Waals surface area (Å²) in [6, 6.07) is 14.4. The molecule has 0 heterocycles. The molecule has 0 radical (unpaired) electrons. The minimum absolute atomic E-state index is 0.00770. The molecule has 0 spiro atoms. The summed E-state index contributed by atoms with van der Waals surface area (Å²) >= 11 is 5.91. The first-order valence-electron chi connectivity index (χ1n) is 7.97. The lowest BCUT2D eigenvalue weighted by atomic mass is 9.95. The predicted molar refractivity (Wildman–Crippen MR) is 93.8 cm³/mol. The van der Waals surface area contributed by atoms with Gasteiger partial charge < -0.3 is 15.2 Å². The number of carboxylic acids is 1. The van der Waals surface area contributed by atoms with E-state index >= 15 is 0 Å². The normalized spacial score (nSPS) is 14.6. The van der Waals surface area contributed by atoms with E-state index in [1.807, 2.05) is 18.2 Å². The van der Waals surface area contributed by atoms with Gasteiger partial charge in [-0.1, -0.05) is 35.9 Å². The van der Waals surface area contributed by atoms with Crippen molar-refractivity contribution in [3.05, 3.63) is 64.7 Å². The van der Waals surface area contributed by atoms with Crippen LogP contribution in [0.25, 0.3) is 0 Å². The average molecular weight is 360 g/mol. The topological polar surface area (TPSA) is 75.6 Å². The summed E-state index contributed by atoms with van der Waals surface area (Å²) in [6.45, 7) is -0.0338. The quantitative estimate of drug-likeness (QED) is 0.796. The van der Waals surface area contributed by atoms with Crippen LogP contribution >= 0.6 is 11.6 Å². The first-order valence-corrected chi connectivity index (χ1v) is 8.35. The molecule has 1 aliphatic rings. The summed E-state index contributed by atoms with van der Waals surface area (Å²) < 4.78 is 5.15. The summed E-state index contributed by atoms with van der Waals surface area (Å²) in [4.78, 5) is 23.2. The third-order valence-electron chi connectivity index (χ3n) is 4.30. The van der Waals surface area contributed by atoms with Gasteiger partial charge in [-0.15, -0.1) is 0 Å². The van der Waals surface area contributed by atoms with Crippen LogP contribution in [0.15, 0.2) is 48.5 Å². The molecule has 25 heavy (non-hydrogen) atoms. The van der Waals surface area contributed by atoms with Gasteiger partial charge >= 0.3 is 5.97 Å². The van der Waals surface area contributed by atoms with Crippen LogP contribution in [0.5, 0.6) is 5.75 Å². The molecule has 1 fully saturated rings. The summed E-state index contributed by atoms with van der Waals surface area (Å²) in [5, 5.41) is 12.3. The number of ether oxygens (including phenoxy) is 1. The summed E-state index contributed by atoms with van der Waals surface area (Å²) in [7, 11) is 0. The number of benzene rings is 2. The summed E-state index contributed by atoms with van der Waals surface area (Å²) in [6.07, 6.45) is 1.64. The molecule has 0 saturated heterocycles. The van der Waals surface area contributed by atoms with E-state index in [1.165, 1.54) is 0 Å². The molecule has 0 aliphatic heterocycles. The molecule has 5 nitrogen and oxygen atoms in total. The molecule has 1 aliphatic carbocycles. The van der Waals surface area contributed by atoms with Crippen molar-refractivity contribution in [1.82, 2.24) is 5.32 Å². The van der Waals surface area contributed by atoms with E-state index in [0.29, 0.717) is 17.3 Å². The Balaban J connectivity index is 1.62. The molecule has 0 atom stereocenters. The van der Waals surface area contributed by atoms with Crippen LogP contribution in [0.1, 0.15) is 24.0 Å². The molecule has 0 unspecified atom stereocenters. The van der Waals surface area contributed by atoms with Crippen LogP contribution in [-0.2, 0) is 21.5 Å². The monoisotopic (exact) mass is 359 g/mol. The zero-order valence-electron chi connectivity index (χ0n) is 13.5. The van der Waals surface area contributed by atoms with Crippen LogP contribution in [0.4, 0.5) is 0 Å². The van der Waals surface area contributed by atoms with Gasteiger partial charge in [0.05, 0.1) is 5.41 Å². The molecule has 2 aromatic rings. The Morgan fingerprint density at radius 3 is 2.52 bits per heavy atom. The zero-order valence-corrected chi connectivity index (χ0v) is 14.3. The number of carboxylic acid groups (broad SMARTS) is 1. The molecule has 1 saturated carbocycles. The van der Waals surface area contributed by atoms with Crippen LogP contribution in [-0.4, -0.2) is 23.6 Å². The maximum Gasteiger partial charge on any atom is 0.341 e. The van der Waals surface area contributed by atoms with Crippen molar-refractivity contribution in [2.24, 2.45) is 0 Å². The highest BCUT2D eigenvalue weighted by Gasteiger charge is 2.50. The van der Waals surface area contributed by atoms with Gasteiger partial charge in [0.15, 0.2) is 6.61 Å². The highest BCUT2D eigenvalue weighted by molar-refractivity contribution is 6.30. The Morgan fingerprint density at radius 2 is 1.88 bits per heavy atom. The van der Waals surface area contributed by atoms with E-state index in [2.05, 4.69) is 5.32 Å². The highest BCUT2D eigenvalue weighted by atomic mass is 35.5. The molecule has 130 valence electrons. The minimum Gasteiger partial charge on any atom is -0.482 e. The first-order chi connectivity index (χ1) is 12.0. The number of amides is 1. The van der Waals surface area contributed by atoms with E-state index in [1.54, 1.807) is 30.3 Å². The van der Waals surface area contributed by atoms with E-state index in [4.69, 9.17) is 21.4 Å². The number of nitrogens with one attached hydrogen (secondary N) is 1. The second kappa shape index (κ2) is 7.15. The molecule has 0 aromatic heterocycles. The van der Waals surface area contributed by atoms with E-state index < -0.39 is 18.0 Å². The molecule has 0 bridgehead atoms. The lowest BCUT2D eigenvalue weighted by molar-refractivity contribution is -0.139. The van der Waals surface area contributed by atoms with Crippen LogP contribution in [0.3, 0.4) is 0 Å². The fraction of sp³-hybridized carbons (Fsp3) is 0.263. The van der Waals surface area contributed by atoms with Crippen LogP contribution < -0.4 is 10.1 Å². The largest absolute Gasteiger partial charge is 0.482 e. The third kappa shape index (κ3) is 4.12. The Morgan fingerprint density at radius 1 is 1.16 bits per heavy atom. The fourth-order valence-corrected chi connectivity index (χ4v) is 2.91. The number of hydrogen-bond donors (Lipinski definition) is 2. The van der Waals surface area contributed by atoms with Gasteiger partial charge in [0.1, 0.15) is 5.75 Å². The van der Waals surface area contributed by atoms with Crippen molar-refractivity contribution in [1.29, 1.82) is 0 Å². The molecular formula is C19H18ClNO4. The maximum absolute atomic E-state index is 12.6. The first kappa shape index (κ1) is 17.3. The van der Waals surface area contributed by atoms with E-state index in [-0.39, 0.29) is 5.91 Å². The average Bonchev–Trinajstić information content (AvgIpc) is 3.41. The summed E-state index contributed by atoms with van der Waals surface area (Å²) in [5.74, 6) is -0.572. The van der Waals surface area contributed by atoms with Gasteiger partial charge in [-0.05, 0) is 48.2 Å². The van der Waals surface area contributed by atoms with Crippen LogP contribution in [0, 0.1) is 0 Å². The van der Waals surface area contributed by atoms with E-state index in [9.17, 15) is 9.59 Å². The standard InChI is InChI=1S/C19H18ClNO4/c20-15-6-4-14(5-7-15)19(8-9-19)18(24)21-11-13-2-1-3-16(10-13)25-12-17(22)23/h1-7,10H,8-9,11-12H2,(H,21,24)(H,22,23). The molecule has 6 heteroatoms. The van der Waals surface area contributed by atoms with Gasteiger partial charge in [0.25, 0.3) is 0 Å². The fourth-order valence-electron chi connectivity index (χ4n) is 2.78. The van der Waals surface area contributed by atoms with Gasteiger partial charge in [-0.3, -0.25) is 4.79 Å². The van der Waals surface area contributed by atoms with Gasteiger partial charge in [0.2, 0.25) is 5.91 Å². The lowest BCUT2D eigenvalue weighted by Gasteiger charge is -2.16. The number of halogens is 1. The van der Waals surface area contributed by atoms with Crippen LogP contribution in [0.2, 0.25) is 5.02 Å². The minimum atomic E-state index is -1.03. The molecule has 2 aromatic carbocycles. The number of carbonyl (C=O) groups excluding carboxylic acids is 1. The Hall–Kier alpha value is -2.53. The number of hydrogen-bond acceptors (Lipinski definition) is 3.